The van der Waals surface area contributed by atoms with Crippen molar-refractivity contribution < 1.29 is 18.8 Å². The molecule has 1 aromatic rings. The molecule has 3 rings (SSSR count). The molecule has 1 aromatic carbocycles. The zero-order valence-corrected chi connectivity index (χ0v) is 13.1. The summed E-state index contributed by atoms with van der Waals surface area (Å²) in [7, 11) is 0. The van der Waals surface area contributed by atoms with Crippen molar-refractivity contribution in [3.63, 3.8) is 0 Å². The fourth-order valence-electron chi connectivity index (χ4n) is 3.24. The van der Waals surface area contributed by atoms with E-state index in [-0.39, 0.29) is 24.8 Å². The van der Waals surface area contributed by atoms with Crippen molar-refractivity contribution >= 4 is 17.8 Å². The van der Waals surface area contributed by atoms with Gasteiger partial charge in [-0.15, -0.1) is 0 Å². The van der Waals surface area contributed by atoms with Crippen LogP contribution in [0.2, 0.25) is 0 Å². The molecule has 2 fully saturated rings. The van der Waals surface area contributed by atoms with Crippen LogP contribution in [-0.2, 0) is 16.1 Å². The smallest absolute Gasteiger partial charge is 0.325 e. The van der Waals surface area contributed by atoms with Crippen molar-refractivity contribution in [2.45, 2.75) is 24.9 Å². The molecule has 0 unspecified atom stereocenters. The van der Waals surface area contributed by atoms with Gasteiger partial charge in [-0.1, -0.05) is 12.1 Å². The minimum absolute atomic E-state index is 0.109. The van der Waals surface area contributed by atoms with Crippen molar-refractivity contribution in [1.82, 2.24) is 15.1 Å². The Labute approximate surface area is 138 Å². The van der Waals surface area contributed by atoms with Gasteiger partial charge >= 0.3 is 6.03 Å². The molecule has 8 heteroatoms. The number of primary amides is 1. The highest BCUT2D eigenvalue weighted by Gasteiger charge is 2.52. The molecule has 0 radical (unpaired) electrons. The Balaban J connectivity index is 1.68. The molecule has 0 bridgehead atoms. The average Bonchev–Trinajstić information content (AvgIpc) is 2.76. The molecule has 24 heavy (non-hydrogen) atoms. The third-order valence-electron chi connectivity index (χ3n) is 4.59. The maximum absolute atomic E-state index is 13.0. The molecule has 0 saturated carbocycles. The van der Waals surface area contributed by atoms with Crippen LogP contribution in [0.25, 0.3) is 0 Å². The number of hydrogen-bond donors (Lipinski definition) is 2. The van der Waals surface area contributed by atoms with Crippen molar-refractivity contribution in [3.05, 3.63) is 35.6 Å². The quantitative estimate of drug-likeness (QED) is 0.769. The van der Waals surface area contributed by atoms with E-state index in [1.165, 1.54) is 12.1 Å². The number of nitrogens with zero attached hydrogens (tertiary/aromatic N) is 2. The lowest BCUT2D eigenvalue weighted by molar-refractivity contribution is -0.133. The van der Waals surface area contributed by atoms with Gasteiger partial charge < -0.3 is 11.1 Å². The molecule has 128 valence electrons. The number of carbonyl (C=O) groups is 3. The van der Waals surface area contributed by atoms with E-state index in [9.17, 15) is 18.8 Å². The third kappa shape index (κ3) is 3.09. The first-order chi connectivity index (χ1) is 11.4. The molecule has 1 spiro atoms. The van der Waals surface area contributed by atoms with Crippen LogP contribution >= 0.6 is 0 Å². The van der Waals surface area contributed by atoms with E-state index >= 15 is 0 Å². The van der Waals surface area contributed by atoms with E-state index in [1.54, 1.807) is 12.1 Å². The van der Waals surface area contributed by atoms with E-state index in [4.69, 9.17) is 5.73 Å². The molecule has 0 atom stereocenters. The van der Waals surface area contributed by atoms with Crippen LogP contribution < -0.4 is 11.1 Å². The molecule has 4 amide bonds. The number of carbonyl (C=O) groups excluding carboxylic acids is 3. The van der Waals surface area contributed by atoms with E-state index < -0.39 is 17.5 Å². The molecule has 0 aliphatic carbocycles. The van der Waals surface area contributed by atoms with Gasteiger partial charge in [0.1, 0.15) is 11.4 Å². The predicted octanol–water partition coefficient (Wildman–Crippen LogP) is 0.197. The van der Waals surface area contributed by atoms with Crippen LogP contribution in [0.15, 0.2) is 24.3 Å². The first-order valence-corrected chi connectivity index (χ1v) is 7.79. The van der Waals surface area contributed by atoms with Gasteiger partial charge in [-0.2, -0.15) is 0 Å². The molecule has 2 heterocycles. The van der Waals surface area contributed by atoms with Gasteiger partial charge in [-0.25, -0.2) is 9.18 Å². The number of imide groups is 1. The van der Waals surface area contributed by atoms with Gasteiger partial charge in [-0.05, 0) is 30.5 Å². The first kappa shape index (κ1) is 16.4. The van der Waals surface area contributed by atoms with Crippen LogP contribution in [0, 0.1) is 5.82 Å². The summed E-state index contributed by atoms with van der Waals surface area (Å²) >= 11 is 0. The highest BCUT2D eigenvalue weighted by atomic mass is 19.1. The summed E-state index contributed by atoms with van der Waals surface area (Å²) in [5.74, 6) is -1.05. The predicted molar refractivity (Wildman–Crippen MR) is 83.1 cm³/mol. The van der Waals surface area contributed by atoms with Crippen molar-refractivity contribution in [1.29, 1.82) is 0 Å². The molecular formula is C16H19FN4O3. The standard InChI is InChI=1S/C16H19FN4O3/c17-12-3-1-11(2-4-12)9-21-14(23)16(19-15(21)24)5-7-20(8-6-16)10-13(18)22/h1-4H,5-10H2,(H2,18,22)(H,19,24). The van der Waals surface area contributed by atoms with Crippen LogP contribution in [0.1, 0.15) is 18.4 Å². The van der Waals surface area contributed by atoms with Crippen molar-refractivity contribution in [3.8, 4) is 0 Å². The van der Waals surface area contributed by atoms with E-state index in [0.717, 1.165) is 4.90 Å². The lowest BCUT2D eigenvalue weighted by Gasteiger charge is -2.36. The van der Waals surface area contributed by atoms with Crippen LogP contribution in [0.4, 0.5) is 9.18 Å². The molecule has 0 aromatic heterocycles. The fourth-order valence-corrected chi connectivity index (χ4v) is 3.24. The highest BCUT2D eigenvalue weighted by Crippen LogP contribution is 2.30. The topological polar surface area (TPSA) is 95.7 Å². The molecule has 2 aliphatic rings. The third-order valence-corrected chi connectivity index (χ3v) is 4.59. The average molecular weight is 334 g/mol. The summed E-state index contributed by atoms with van der Waals surface area (Å²) in [6.07, 6.45) is 0.871. The van der Waals surface area contributed by atoms with E-state index in [0.29, 0.717) is 31.5 Å². The second-order valence-electron chi connectivity index (χ2n) is 6.27. The molecular weight excluding hydrogens is 315 g/mol. The van der Waals surface area contributed by atoms with Crippen LogP contribution in [0.3, 0.4) is 0 Å². The molecule has 3 N–H and O–H groups in total. The highest BCUT2D eigenvalue weighted by molar-refractivity contribution is 6.07. The normalized spacial score (nSPS) is 20.5. The van der Waals surface area contributed by atoms with Gasteiger partial charge in [0.2, 0.25) is 5.91 Å². The molecule has 7 nitrogen and oxygen atoms in total. The molecule has 2 aliphatic heterocycles. The zero-order valence-electron chi connectivity index (χ0n) is 13.1. The Bertz CT molecular complexity index is 668. The SMILES string of the molecule is NC(=O)CN1CCC2(CC1)NC(=O)N(Cc1ccc(F)cc1)C2=O. The van der Waals surface area contributed by atoms with Gasteiger partial charge in [-0.3, -0.25) is 19.4 Å². The minimum atomic E-state index is -0.911. The number of piperidine rings is 1. The van der Waals surface area contributed by atoms with Crippen molar-refractivity contribution in [2.24, 2.45) is 5.73 Å². The summed E-state index contributed by atoms with van der Waals surface area (Å²) < 4.78 is 13.0. The Morgan fingerprint density at radius 1 is 1.21 bits per heavy atom. The zero-order chi connectivity index (χ0) is 17.3. The van der Waals surface area contributed by atoms with Crippen LogP contribution in [0.5, 0.6) is 0 Å². The largest absolute Gasteiger partial charge is 0.369 e. The number of halogens is 1. The van der Waals surface area contributed by atoms with E-state index in [1.807, 2.05) is 4.90 Å². The van der Waals surface area contributed by atoms with Crippen LogP contribution in [-0.4, -0.2) is 52.8 Å². The maximum Gasteiger partial charge on any atom is 0.325 e. The summed E-state index contributed by atoms with van der Waals surface area (Å²) in [4.78, 5) is 39.0. The lowest BCUT2D eigenvalue weighted by Crippen LogP contribution is -2.55. The fraction of sp³-hybridized carbons (Fsp3) is 0.438. The molecule has 2 saturated heterocycles. The number of benzene rings is 1. The minimum Gasteiger partial charge on any atom is -0.369 e. The number of nitrogens with two attached hydrogens (primary N) is 1. The Morgan fingerprint density at radius 2 is 1.83 bits per heavy atom. The number of nitrogens with one attached hydrogen (secondary N) is 1. The lowest BCUT2D eigenvalue weighted by atomic mass is 9.87. The summed E-state index contributed by atoms with van der Waals surface area (Å²) in [6, 6.07) is 5.26. The summed E-state index contributed by atoms with van der Waals surface area (Å²) in [6.45, 7) is 1.29. The summed E-state index contributed by atoms with van der Waals surface area (Å²) in [5.41, 5.74) is 4.96. The number of urea groups is 1. The summed E-state index contributed by atoms with van der Waals surface area (Å²) in [5, 5.41) is 2.80. The van der Waals surface area contributed by atoms with Gasteiger partial charge in [0.05, 0.1) is 13.1 Å². The Hall–Kier alpha value is -2.48. The van der Waals surface area contributed by atoms with Gasteiger partial charge in [0.25, 0.3) is 5.91 Å². The Kier molecular flexibility index (Phi) is 4.23. The monoisotopic (exact) mass is 334 g/mol. The number of rotatable bonds is 4. The van der Waals surface area contributed by atoms with Gasteiger partial charge in [0, 0.05) is 13.1 Å². The Morgan fingerprint density at radius 3 is 2.42 bits per heavy atom. The van der Waals surface area contributed by atoms with Gasteiger partial charge in [0.15, 0.2) is 0 Å². The second kappa shape index (κ2) is 6.20. The first-order valence-electron chi connectivity index (χ1n) is 7.79. The van der Waals surface area contributed by atoms with Crippen molar-refractivity contribution in [2.75, 3.05) is 19.6 Å². The van der Waals surface area contributed by atoms with E-state index in [2.05, 4.69) is 5.32 Å². The maximum atomic E-state index is 13.0. The number of likely N-dealkylation sites (tertiary alicyclic amines) is 1. The number of hydrogen-bond acceptors (Lipinski definition) is 4. The second-order valence-corrected chi connectivity index (χ2v) is 6.27. The number of amides is 4.